The third kappa shape index (κ3) is 3.09. The van der Waals surface area contributed by atoms with Crippen molar-refractivity contribution in [2.24, 2.45) is 0 Å². The maximum Gasteiger partial charge on any atom is 0.434 e. The first kappa shape index (κ1) is 13.3. The Hall–Kier alpha value is -0.660. The molecule has 7 heteroatoms. The fourth-order valence-corrected chi connectivity index (χ4v) is 3.30. The molecule has 1 aromatic heterocycles. The van der Waals surface area contributed by atoms with E-state index in [2.05, 4.69) is 10.3 Å². The van der Waals surface area contributed by atoms with Gasteiger partial charge in [-0.3, -0.25) is 0 Å². The molecule has 106 valence electrons. The maximum absolute atomic E-state index is 13.0. The van der Waals surface area contributed by atoms with E-state index < -0.39 is 11.9 Å². The second kappa shape index (κ2) is 5.03. The summed E-state index contributed by atoms with van der Waals surface area (Å²) in [5.74, 6) is 0.0285. The lowest BCUT2D eigenvalue weighted by atomic mass is 10.1. The lowest BCUT2D eigenvalue weighted by Crippen LogP contribution is -2.18. The van der Waals surface area contributed by atoms with E-state index in [1.54, 1.807) is 0 Å². The van der Waals surface area contributed by atoms with Crippen LogP contribution in [-0.2, 0) is 17.5 Å². The van der Waals surface area contributed by atoms with E-state index in [1.807, 2.05) is 0 Å². The molecule has 3 nitrogen and oxygen atoms in total. The monoisotopic (exact) mass is 292 g/mol. The standard InChI is InChI=1S/C12H15F3N2OS/c13-12(14,15)10-9(5-16-8-1-2-8)19-11(17-10)7-3-4-18-6-7/h7-8,16H,1-6H2. The Balaban J connectivity index is 1.81. The zero-order valence-electron chi connectivity index (χ0n) is 10.3. The molecule has 2 heterocycles. The van der Waals surface area contributed by atoms with Crippen molar-refractivity contribution in [3.05, 3.63) is 15.6 Å². The molecule has 2 fully saturated rings. The molecule has 1 N–H and O–H groups in total. The van der Waals surface area contributed by atoms with E-state index in [0.717, 1.165) is 19.3 Å². The molecular weight excluding hydrogens is 277 g/mol. The average Bonchev–Trinajstić information content (AvgIpc) is 2.87. The number of alkyl halides is 3. The van der Waals surface area contributed by atoms with Crippen molar-refractivity contribution in [1.82, 2.24) is 10.3 Å². The average molecular weight is 292 g/mol. The van der Waals surface area contributed by atoms with Crippen molar-refractivity contribution < 1.29 is 17.9 Å². The van der Waals surface area contributed by atoms with Crippen molar-refractivity contribution >= 4 is 11.3 Å². The molecule has 1 saturated carbocycles. The van der Waals surface area contributed by atoms with Crippen molar-refractivity contribution in [2.75, 3.05) is 13.2 Å². The van der Waals surface area contributed by atoms with Gasteiger partial charge in [-0.1, -0.05) is 0 Å². The Morgan fingerprint density at radius 2 is 2.11 bits per heavy atom. The number of aromatic nitrogens is 1. The third-order valence-corrected chi connectivity index (χ3v) is 4.61. The fraction of sp³-hybridized carbons (Fsp3) is 0.750. The quantitative estimate of drug-likeness (QED) is 0.926. The number of thiazole rings is 1. The minimum atomic E-state index is -4.37. The van der Waals surface area contributed by atoms with E-state index in [0.29, 0.717) is 29.1 Å². The van der Waals surface area contributed by atoms with Crippen molar-refractivity contribution in [2.45, 2.75) is 43.9 Å². The van der Waals surface area contributed by atoms with Crippen LogP contribution in [0.2, 0.25) is 0 Å². The van der Waals surface area contributed by atoms with E-state index in [1.165, 1.54) is 11.3 Å². The van der Waals surface area contributed by atoms with E-state index in [4.69, 9.17) is 4.74 Å². The molecule has 1 aliphatic carbocycles. The second-order valence-corrected chi connectivity index (χ2v) is 6.15. The van der Waals surface area contributed by atoms with Crippen LogP contribution in [0.5, 0.6) is 0 Å². The number of nitrogens with zero attached hydrogens (tertiary/aromatic N) is 1. The van der Waals surface area contributed by atoms with Gasteiger partial charge in [0.05, 0.1) is 16.5 Å². The number of hydrogen-bond acceptors (Lipinski definition) is 4. The molecule has 3 rings (SSSR count). The molecule has 1 unspecified atom stereocenters. The maximum atomic E-state index is 13.0. The normalized spacial score (nSPS) is 24.1. The van der Waals surface area contributed by atoms with Crippen molar-refractivity contribution in [3.63, 3.8) is 0 Å². The van der Waals surface area contributed by atoms with Crippen LogP contribution in [0.4, 0.5) is 13.2 Å². The summed E-state index contributed by atoms with van der Waals surface area (Å²) in [5, 5.41) is 3.70. The summed E-state index contributed by atoms with van der Waals surface area (Å²) in [6.07, 6.45) is -1.48. The Bertz CT molecular complexity index is 450. The number of halogens is 3. The third-order valence-electron chi connectivity index (χ3n) is 3.39. The van der Waals surface area contributed by atoms with E-state index in [9.17, 15) is 13.2 Å². The summed E-state index contributed by atoms with van der Waals surface area (Å²) in [6, 6.07) is 0.390. The number of hydrogen-bond donors (Lipinski definition) is 1. The summed E-state index contributed by atoms with van der Waals surface area (Å²) < 4.78 is 44.1. The molecule has 1 saturated heterocycles. The molecule has 2 aliphatic rings. The Morgan fingerprint density at radius 1 is 1.32 bits per heavy atom. The minimum absolute atomic E-state index is 0.0285. The predicted molar refractivity (Wildman–Crippen MR) is 65.2 cm³/mol. The SMILES string of the molecule is FC(F)(F)c1nc(C2CCOC2)sc1CNC1CC1. The predicted octanol–water partition coefficient (Wildman–Crippen LogP) is 2.92. The van der Waals surface area contributed by atoms with Gasteiger partial charge < -0.3 is 10.1 Å². The van der Waals surface area contributed by atoms with Crippen molar-refractivity contribution in [1.29, 1.82) is 0 Å². The molecule has 0 bridgehead atoms. The van der Waals surface area contributed by atoms with Crippen LogP contribution in [0.1, 0.15) is 40.8 Å². The molecule has 0 amide bonds. The Morgan fingerprint density at radius 3 is 2.68 bits per heavy atom. The molecule has 0 spiro atoms. The van der Waals surface area contributed by atoms with Gasteiger partial charge in [-0.05, 0) is 19.3 Å². The molecule has 1 aromatic rings. The zero-order chi connectivity index (χ0) is 13.5. The summed E-state index contributed by atoms with van der Waals surface area (Å²) in [4.78, 5) is 4.14. The summed E-state index contributed by atoms with van der Waals surface area (Å²) in [7, 11) is 0. The first-order chi connectivity index (χ1) is 9.04. The van der Waals surface area contributed by atoms with Gasteiger partial charge in [0.2, 0.25) is 0 Å². The Labute approximate surface area is 113 Å². The minimum Gasteiger partial charge on any atom is -0.381 e. The Kier molecular flexibility index (Phi) is 3.53. The first-order valence-electron chi connectivity index (χ1n) is 6.42. The summed E-state index contributed by atoms with van der Waals surface area (Å²) in [6.45, 7) is 1.37. The van der Waals surface area contributed by atoms with Gasteiger partial charge in [0.15, 0.2) is 5.69 Å². The van der Waals surface area contributed by atoms with Crippen LogP contribution in [0.3, 0.4) is 0 Å². The van der Waals surface area contributed by atoms with Gasteiger partial charge >= 0.3 is 6.18 Å². The van der Waals surface area contributed by atoms with Crippen LogP contribution in [0, 0.1) is 0 Å². The number of nitrogens with one attached hydrogen (secondary N) is 1. The van der Waals surface area contributed by atoms with E-state index >= 15 is 0 Å². The van der Waals surface area contributed by atoms with Crippen LogP contribution >= 0.6 is 11.3 Å². The fourth-order valence-electron chi connectivity index (χ4n) is 2.14. The smallest absolute Gasteiger partial charge is 0.381 e. The van der Waals surface area contributed by atoms with Gasteiger partial charge in [0.25, 0.3) is 0 Å². The van der Waals surface area contributed by atoms with Gasteiger partial charge in [0, 0.05) is 25.1 Å². The molecule has 19 heavy (non-hydrogen) atoms. The van der Waals surface area contributed by atoms with Crippen molar-refractivity contribution in [3.8, 4) is 0 Å². The van der Waals surface area contributed by atoms with Crippen LogP contribution < -0.4 is 5.32 Å². The van der Waals surface area contributed by atoms with Gasteiger partial charge in [-0.15, -0.1) is 11.3 Å². The molecule has 1 aliphatic heterocycles. The number of ether oxygens (including phenoxy) is 1. The van der Waals surface area contributed by atoms with E-state index in [-0.39, 0.29) is 12.5 Å². The molecule has 1 atom stereocenters. The van der Waals surface area contributed by atoms with Crippen LogP contribution in [0.25, 0.3) is 0 Å². The van der Waals surface area contributed by atoms with Crippen LogP contribution in [0.15, 0.2) is 0 Å². The first-order valence-corrected chi connectivity index (χ1v) is 7.23. The molecule has 0 aromatic carbocycles. The zero-order valence-corrected chi connectivity index (χ0v) is 11.1. The highest BCUT2D eigenvalue weighted by atomic mass is 32.1. The summed E-state index contributed by atoms with van der Waals surface area (Å²) >= 11 is 1.18. The highest BCUT2D eigenvalue weighted by molar-refractivity contribution is 7.11. The highest BCUT2D eigenvalue weighted by Gasteiger charge is 2.38. The molecule has 0 radical (unpaired) electrons. The lowest BCUT2D eigenvalue weighted by molar-refractivity contribution is -0.141. The largest absolute Gasteiger partial charge is 0.434 e. The molecular formula is C12H15F3N2OS. The summed E-state index contributed by atoms with van der Waals surface area (Å²) in [5.41, 5.74) is -0.715. The van der Waals surface area contributed by atoms with Gasteiger partial charge in [-0.25, -0.2) is 4.98 Å². The van der Waals surface area contributed by atoms with Gasteiger partial charge in [-0.2, -0.15) is 13.2 Å². The van der Waals surface area contributed by atoms with Gasteiger partial charge in [0.1, 0.15) is 0 Å². The topological polar surface area (TPSA) is 34.1 Å². The number of rotatable bonds is 4. The van der Waals surface area contributed by atoms with Crippen LogP contribution in [-0.4, -0.2) is 24.2 Å². The lowest BCUT2D eigenvalue weighted by Gasteiger charge is -2.06. The second-order valence-electron chi connectivity index (χ2n) is 5.04. The highest BCUT2D eigenvalue weighted by Crippen LogP contribution is 2.38.